The number of anilines is 1. The Hall–Kier alpha value is -1.69. The predicted molar refractivity (Wildman–Crippen MR) is 85.4 cm³/mol. The second-order valence-electron chi connectivity index (χ2n) is 6.40. The van der Waals surface area contributed by atoms with Gasteiger partial charge in [0.05, 0.1) is 11.9 Å². The highest BCUT2D eigenvalue weighted by molar-refractivity contribution is 7.21. The minimum atomic E-state index is 0.0354. The van der Waals surface area contributed by atoms with Gasteiger partial charge in [-0.1, -0.05) is 13.8 Å². The maximum absolute atomic E-state index is 12.8. The van der Waals surface area contributed by atoms with Crippen molar-refractivity contribution in [1.82, 2.24) is 15.1 Å². The van der Waals surface area contributed by atoms with Crippen molar-refractivity contribution in [3.05, 3.63) is 17.1 Å². The van der Waals surface area contributed by atoms with Crippen molar-refractivity contribution >= 4 is 33.1 Å². The lowest BCUT2D eigenvalue weighted by Crippen LogP contribution is -2.32. The third kappa shape index (κ3) is 2.72. The molecule has 0 atom stereocenters. The van der Waals surface area contributed by atoms with Gasteiger partial charge in [0.1, 0.15) is 9.71 Å². The van der Waals surface area contributed by atoms with E-state index in [-0.39, 0.29) is 5.91 Å². The maximum Gasteiger partial charge on any atom is 0.266 e. The zero-order valence-corrected chi connectivity index (χ0v) is 13.2. The van der Waals surface area contributed by atoms with E-state index in [2.05, 4.69) is 24.0 Å². The molecule has 0 aliphatic carbocycles. The quantitative estimate of drug-likeness (QED) is 0.879. The van der Waals surface area contributed by atoms with Gasteiger partial charge in [0.2, 0.25) is 0 Å². The molecule has 2 aromatic rings. The van der Waals surface area contributed by atoms with Gasteiger partial charge in [0.15, 0.2) is 0 Å². The standard InChI is InChI=1S/C15H20N4OS/c1-15(2)5-3-8-19(9-6-15)14(20)12-11(16)10-4-7-17-18-13(10)21-12/h4,7H,3,5-6,8-9,16H2,1-2H3. The van der Waals surface area contributed by atoms with E-state index in [0.717, 1.165) is 42.6 Å². The van der Waals surface area contributed by atoms with Crippen LogP contribution in [0.3, 0.4) is 0 Å². The van der Waals surface area contributed by atoms with E-state index in [0.29, 0.717) is 16.0 Å². The third-order valence-electron chi connectivity index (χ3n) is 4.24. The summed E-state index contributed by atoms with van der Waals surface area (Å²) in [6.07, 6.45) is 4.84. The molecule has 5 nitrogen and oxygen atoms in total. The molecule has 3 heterocycles. The largest absolute Gasteiger partial charge is 0.397 e. The molecule has 1 fully saturated rings. The van der Waals surface area contributed by atoms with Crippen molar-refractivity contribution in [2.24, 2.45) is 5.41 Å². The number of nitrogens with two attached hydrogens (primary N) is 1. The number of aromatic nitrogens is 2. The fourth-order valence-electron chi connectivity index (χ4n) is 2.80. The normalized spacial score (nSPS) is 18.7. The Bertz CT molecular complexity index is 679. The van der Waals surface area contributed by atoms with Crippen molar-refractivity contribution in [2.45, 2.75) is 33.1 Å². The number of hydrogen-bond acceptors (Lipinski definition) is 5. The number of likely N-dealkylation sites (tertiary alicyclic amines) is 1. The van der Waals surface area contributed by atoms with Gasteiger partial charge in [0.25, 0.3) is 5.91 Å². The Kier molecular flexibility index (Phi) is 3.57. The summed E-state index contributed by atoms with van der Waals surface area (Å²) in [5.74, 6) is 0.0354. The van der Waals surface area contributed by atoms with E-state index in [9.17, 15) is 4.79 Å². The van der Waals surface area contributed by atoms with E-state index in [4.69, 9.17) is 5.73 Å². The highest BCUT2D eigenvalue weighted by atomic mass is 32.1. The lowest BCUT2D eigenvalue weighted by Gasteiger charge is -2.23. The highest BCUT2D eigenvalue weighted by Crippen LogP contribution is 2.34. The van der Waals surface area contributed by atoms with Gasteiger partial charge in [-0.25, -0.2) is 0 Å². The Balaban J connectivity index is 1.88. The Morgan fingerprint density at radius 1 is 1.38 bits per heavy atom. The number of rotatable bonds is 1. The summed E-state index contributed by atoms with van der Waals surface area (Å²) in [7, 11) is 0. The number of carbonyl (C=O) groups excluding carboxylic acids is 1. The summed E-state index contributed by atoms with van der Waals surface area (Å²) in [6.45, 7) is 6.14. The van der Waals surface area contributed by atoms with Gasteiger partial charge in [-0.15, -0.1) is 16.4 Å². The van der Waals surface area contributed by atoms with Crippen LogP contribution in [0, 0.1) is 5.41 Å². The number of amides is 1. The molecule has 2 aromatic heterocycles. The summed E-state index contributed by atoms with van der Waals surface area (Å²) in [5, 5.41) is 8.73. The number of hydrogen-bond donors (Lipinski definition) is 1. The lowest BCUT2D eigenvalue weighted by atomic mass is 9.85. The molecule has 0 radical (unpaired) electrons. The average Bonchev–Trinajstić information content (AvgIpc) is 2.67. The minimum Gasteiger partial charge on any atom is -0.397 e. The van der Waals surface area contributed by atoms with E-state index in [1.807, 2.05) is 11.0 Å². The van der Waals surface area contributed by atoms with Gasteiger partial charge in [-0.05, 0) is 30.7 Å². The van der Waals surface area contributed by atoms with Gasteiger partial charge < -0.3 is 10.6 Å². The first-order valence-electron chi connectivity index (χ1n) is 7.27. The van der Waals surface area contributed by atoms with Crippen LogP contribution in [-0.4, -0.2) is 34.1 Å². The zero-order valence-electron chi connectivity index (χ0n) is 12.4. The molecule has 2 N–H and O–H groups in total. The number of nitrogens with zero attached hydrogens (tertiary/aromatic N) is 3. The highest BCUT2D eigenvalue weighted by Gasteiger charge is 2.28. The average molecular weight is 304 g/mol. The Morgan fingerprint density at radius 3 is 2.95 bits per heavy atom. The first-order chi connectivity index (χ1) is 9.98. The molecule has 0 bridgehead atoms. The summed E-state index contributed by atoms with van der Waals surface area (Å²) < 4.78 is 0. The van der Waals surface area contributed by atoms with Gasteiger partial charge in [-0.3, -0.25) is 4.79 Å². The minimum absolute atomic E-state index is 0.0354. The van der Waals surface area contributed by atoms with E-state index in [1.54, 1.807) is 6.20 Å². The molecule has 0 saturated carbocycles. The monoisotopic (exact) mass is 304 g/mol. The van der Waals surface area contributed by atoms with Crippen LogP contribution in [0.15, 0.2) is 12.3 Å². The van der Waals surface area contributed by atoms with Crippen molar-refractivity contribution < 1.29 is 4.79 Å². The van der Waals surface area contributed by atoms with Crippen molar-refractivity contribution in [1.29, 1.82) is 0 Å². The first-order valence-corrected chi connectivity index (χ1v) is 8.08. The molecule has 0 unspecified atom stereocenters. The smallest absolute Gasteiger partial charge is 0.266 e. The van der Waals surface area contributed by atoms with Crippen LogP contribution in [0.5, 0.6) is 0 Å². The molecule has 21 heavy (non-hydrogen) atoms. The van der Waals surface area contributed by atoms with Crippen LogP contribution in [0.1, 0.15) is 42.8 Å². The van der Waals surface area contributed by atoms with Gasteiger partial charge in [0, 0.05) is 18.5 Å². The number of carbonyl (C=O) groups is 1. The topological polar surface area (TPSA) is 72.1 Å². The summed E-state index contributed by atoms with van der Waals surface area (Å²) in [4.78, 5) is 16.0. The second-order valence-corrected chi connectivity index (χ2v) is 7.40. The third-order valence-corrected chi connectivity index (χ3v) is 5.34. The molecule has 1 aliphatic heterocycles. The van der Waals surface area contributed by atoms with Crippen LogP contribution in [0.25, 0.3) is 10.2 Å². The van der Waals surface area contributed by atoms with E-state index >= 15 is 0 Å². The summed E-state index contributed by atoms with van der Waals surface area (Å²) >= 11 is 1.34. The second kappa shape index (κ2) is 5.26. The van der Waals surface area contributed by atoms with Crippen molar-refractivity contribution in [3.63, 3.8) is 0 Å². The molecule has 0 aromatic carbocycles. The van der Waals surface area contributed by atoms with E-state index in [1.165, 1.54) is 11.3 Å². The molecule has 1 saturated heterocycles. The Labute approximate surface area is 128 Å². The molecule has 1 aliphatic rings. The fraction of sp³-hybridized carbons (Fsp3) is 0.533. The molecule has 1 amide bonds. The summed E-state index contributed by atoms with van der Waals surface area (Å²) in [5.41, 5.74) is 6.99. The van der Waals surface area contributed by atoms with Gasteiger partial charge >= 0.3 is 0 Å². The number of thiophene rings is 1. The zero-order chi connectivity index (χ0) is 15.0. The molecule has 0 spiro atoms. The molecular formula is C15H20N4OS. The van der Waals surface area contributed by atoms with Crippen LogP contribution >= 0.6 is 11.3 Å². The van der Waals surface area contributed by atoms with Gasteiger partial charge in [-0.2, -0.15) is 5.10 Å². The Morgan fingerprint density at radius 2 is 2.19 bits per heavy atom. The fourth-order valence-corrected chi connectivity index (χ4v) is 3.81. The van der Waals surface area contributed by atoms with Crippen LogP contribution in [-0.2, 0) is 0 Å². The van der Waals surface area contributed by atoms with Crippen molar-refractivity contribution in [2.75, 3.05) is 18.8 Å². The first kappa shape index (κ1) is 14.3. The van der Waals surface area contributed by atoms with Crippen LogP contribution < -0.4 is 5.73 Å². The van der Waals surface area contributed by atoms with Crippen molar-refractivity contribution in [3.8, 4) is 0 Å². The molecular weight excluding hydrogens is 284 g/mol. The summed E-state index contributed by atoms with van der Waals surface area (Å²) in [6, 6.07) is 1.82. The predicted octanol–water partition coefficient (Wildman–Crippen LogP) is 2.93. The molecule has 6 heteroatoms. The SMILES string of the molecule is CC1(C)CCCN(C(=O)c2sc3nnccc3c2N)CC1. The van der Waals surface area contributed by atoms with E-state index < -0.39 is 0 Å². The number of fused-ring (bicyclic) bond motifs is 1. The van der Waals surface area contributed by atoms with Crippen LogP contribution in [0.4, 0.5) is 5.69 Å². The lowest BCUT2D eigenvalue weighted by molar-refractivity contribution is 0.0763. The maximum atomic E-state index is 12.8. The molecule has 112 valence electrons. The molecule has 3 rings (SSSR count). The van der Waals surface area contributed by atoms with Crippen LogP contribution in [0.2, 0.25) is 0 Å². The number of nitrogen functional groups attached to an aromatic ring is 1.